The summed E-state index contributed by atoms with van der Waals surface area (Å²) in [6.07, 6.45) is 2.98. The molecule has 0 aliphatic heterocycles. The van der Waals surface area contributed by atoms with Gasteiger partial charge in [-0.1, -0.05) is 30.3 Å². The van der Waals surface area contributed by atoms with E-state index in [4.69, 9.17) is 4.74 Å². The smallest absolute Gasteiger partial charge is 0.269 e. The van der Waals surface area contributed by atoms with Gasteiger partial charge in [-0.25, -0.2) is 0 Å². The van der Waals surface area contributed by atoms with Crippen LogP contribution in [0.3, 0.4) is 0 Å². The Hall–Kier alpha value is -3.08. The van der Waals surface area contributed by atoms with Gasteiger partial charge >= 0.3 is 0 Å². The van der Waals surface area contributed by atoms with Crippen molar-refractivity contribution in [3.8, 4) is 5.75 Å². The van der Waals surface area contributed by atoms with Crippen LogP contribution in [0.1, 0.15) is 15.9 Å². The maximum Gasteiger partial charge on any atom is 0.269 e. The number of ether oxygens (including phenoxy) is 1. The van der Waals surface area contributed by atoms with Gasteiger partial charge in [-0.2, -0.15) is 0 Å². The number of nitrogens with one attached hydrogen (secondary N) is 2. The van der Waals surface area contributed by atoms with Crippen LogP contribution >= 0.6 is 0 Å². The van der Waals surface area contributed by atoms with E-state index in [0.717, 1.165) is 11.3 Å². The maximum atomic E-state index is 11.7. The predicted octanol–water partition coefficient (Wildman–Crippen LogP) is 2.17. The highest BCUT2D eigenvalue weighted by Gasteiger charge is 2.04. The van der Waals surface area contributed by atoms with Crippen LogP contribution in [0.15, 0.2) is 60.7 Å². The van der Waals surface area contributed by atoms with E-state index in [0.29, 0.717) is 5.56 Å². The topological polar surface area (TPSA) is 67.4 Å². The van der Waals surface area contributed by atoms with E-state index >= 15 is 0 Å². The van der Waals surface area contributed by atoms with Crippen molar-refractivity contribution >= 4 is 17.9 Å². The van der Waals surface area contributed by atoms with E-state index in [1.807, 2.05) is 18.2 Å². The highest BCUT2D eigenvalue weighted by molar-refractivity contribution is 5.97. The van der Waals surface area contributed by atoms with Crippen molar-refractivity contribution in [1.82, 2.24) is 10.9 Å². The summed E-state index contributed by atoms with van der Waals surface area (Å²) in [4.78, 5) is 23.4. The Bertz CT molecular complexity index is 664. The zero-order chi connectivity index (χ0) is 15.8. The Labute approximate surface area is 128 Å². The molecule has 5 heteroatoms. The molecule has 0 bridgehead atoms. The van der Waals surface area contributed by atoms with Gasteiger partial charge in [-0.05, 0) is 35.9 Å². The van der Waals surface area contributed by atoms with Crippen LogP contribution in [0.25, 0.3) is 6.08 Å². The summed E-state index contributed by atoms with van der Waals surface area (Å²) in [5.41, 5.74) is 5.99. The zero-order valence-corrected chi connectivity index (χ0v) is 12.1. The molecule has 0 radical (unpaired) electrons. The van der Waals surface area contributed by atoms with Crippen LogP contribution in [0.2, 0.25) is 0 Å². The zero-order valence-electron chi connectivity index (χ0n) is 12.1. The minimum atomic E-state index is -0.417. The molecule has 0 saturated heterocycles. The fourth-order valence-electron chi connectivity index (χ4n) is 1.71. The van der Waals surface area contributed by atoms with Gasteiger partial charge < -0.3 is 4.74 Å². The summed E-state index contributed by atoms with van der Waals surface area (Å²) >= 11 is 0. The van der Waals surface area contributed by atoms with Crippen LogP contribution < -0.4 is 15.6 Å². The standard InChI is InChI=1S/C17H16N2O3/c1-22-15-10-7-13(8-11-15)9-12-16(20)18-19-17(21)14-5-3-2-4-6-14/h2-12H,1H3,(H,18,20)(H,19,21)/b12-9+. The number of hydrazine groups is 1. The van der Waals surface area contributed by atoms with Crippen molar-refractivity contribution in [3.05, 3.63) is 71.8 Å². The monoisotopic (exact) mass is 296 g/mol. The molecule has 2 N–H and O–H groups in total. The second-order valence-electron chi connectivity index (χ2n) is 4.42. The van der Waals surface area contributed by atoms with Crippen molar-refractivity contribution in [2.45, 2.75) is 0 Å². The fraction of sp³-hybridized carbons (Fsp3) is 0.0588. The molecular weight excluding hydrogens is 280 g/mol. The van der Waals surface area contributed by atoms with Gasteiger partial charge in [0.25, 0.3) is 11.8 Å². The van der Waals surface area contributed by atoms with Crippen molar-refractivity contribution in [1.29, 1.82) is 0 Å². The lowest BCUT2D eigenvalue weighted by Crippen LogP contribution is -2.40. The average Bonchev–Trinajstić information content (AvgIpc) is 2.59. The first-order chi connectivity index (χ1) is 10.7. The molecule has 2 amide bonds. The van der Waals surface area contributed by atoms with Gasteiger partial charge in [0.2, 0.25) is 0 Å². The summed E-state index contributed by atoms with van der Waals surface area (Å²) in [6.45, 7) is 0. The molecule has 0 heterocycles. The molecule has 0 aliphatic rings. The molecular formula is C17H16N2O3. The van der Waals surface area contributed by atoms with E-state index in [9.17, 15) is 9.59 Å². The van der Waals surface area contributed by atoms with Gasteiger partial charge in [0.15, 0.2) is 0 Å². The SMILES string of the molecule is COc1ccc(/C=C/C(=O)NNC(=O)c2ccccc2)cc1. The molecule has 5 nitrogen and oxygen atoms in total. The average molecular weight is 296 g/mol. The lowest BCUT2D eigenvalue weighted by atomic mass is 10.2. The lowest BCUT2D eigenvalue weighted by molar-refractivity contribution is -0.117. The summed E-state index contributed by atoms with van der Waals surface area (Å²) in [5.74, 6) is -0.0383. The third kappa shape index (κ3) is 4.49. The molecule has 0 unspecified atom stereocenters. The summed E-state index contributed by atoms with van der Waals surface area (Å²) in [6, 6.07) is 15.9. The predicted molar refractivity (Wildman–Crippen MR) is 84.1 cm³/mol. The molecule has 0 spiro atoms. The first-order valence-electron chi connectivity index (χ1n) is 6.66. The molecule has 2 aromatic rings. The largest absolute Gasteiger partial charge is 0.497 e. The van der Waals surface area contributed by atoms with Crippen LogP contribution in [-0.4, -0.2) is 18.9 Å². The number of amides is 2. The third-order valence-electron chi connectivity index (χ3n) is 2.88. The minimum absolute atomic E-state index is 0.369. The highest BCUT2D eigenvalue weighted by Crippen LogP contribution is 2.12. The Morgan fingerprint density at radius 1 is 0.955 bits per heavy atom. The van der Waals surface area contributed by atoms with Gasteiger partial charge in [-0.3, -0.25) is 20.4 Å². The van der Waals surface area contributed by atoms with E-state index in [1.54, 1.807) is 49.6 Å². The highest BCUT2D eigenvalue weighted by atomic mass is 16.5. The number of hydrogen-bond acceptors (Lipinski definition) is 3. The third-order valence-corrected chi connectivity index (χ3v) is 2.88. The first-order valence-corrected chi connectivity index (χ1v) is 6.66. The van der Waals surface area contributed by atoms with Crippen molar-refractivity contribution in [2.24, 2.45) is 0 Å². The Morgan fingerprint density at radius 3 is 2.27 bits per heavy atom. The number of carbonyl (C=O) groups excluding carboxylic acids is 2. The van der Waals surface area contributed by atoms with E-state index in [-0.39, 0.29) is 5.91 Å². The van der Waals surface area contributed by atoms with Gasteiger partial charge in [0.05, 0.1) is 7.11 Å². The quantitative estimate of drug-likeness (QED) is 0.671. The first kappa shape index (κ1) is 15.3. The molecule has 0 aromatic heterocycles. The van der Waals surface area contributed by atoms with Crippen LogP contribution in [-0.2, 0) is 4.79 Å². The lowest BCUT2D eigenvalue weighted by Gasteiger charge is -2.04. The molecule has 0 atom stereocenters. The summed E-state index contributed by atoms with van der Waals surface area (Å²) < 4.78 is 5.05. The Morgan fingerprint density at radius 2 is 1.64 bits per heavy atom. The van der Waals surface area contributed by atoms with Crippen molar-refractivity contribution < 1.29 is 14.3 Å². The molecule has 2 aromatic carbocycles. The summed E-state index contributed by atoms with van der Waals surface area (Å²) in [5, 5.41) is 0. The number of benzene rings is 2. The normalized spacial score (nSPS) is 10.2. The van der Waals surface area contributed by atoms with Gasteiger partial charge in [0.1, 0.15) is 5.75 Å². The van der Waals surface area contributed by atoms with Crippen molar-refractivity contribution in [2.75, 3.05) is 7.11 Å². The van der Waals surface area contributed by atoms with Gasteiger partial charge in [0, 0.05) is 11.6 Å². The van der Waals surface area contributed by atoms with E-state index < -0.39 is 5.91 Å². The molecule has 2 rings (SSSR count). The van der Waals surface area contributed by atoms with Gasteiger partial charge in [-0.15, -0.1) is 0 Å². The summed E-state index contributed by atoms with van der Waals surface area (Å²) in [7, 11) is 1.59. The maximum absolute atomic E-state index is 11.7. The second-order valence-corrected chi connectivity index (χ2v) is 4.42. The van der Waals surface area contributed by atoms with Crippen molar-refractivity contribution in [3.63, 3.8) is 0 Å². The number of rotatable bonds is 4. The van der Waals surface area contributed by atoms with Crippen LogP contribution in [0.5, 0.6) is 5.75 Å². The second kappa shape index (κ2) is 7.64. The molecule has 0 saturated carbocycles. The van der Waals surface area contributed by atoms with E-state index in [1.165, 1.54) is 6.08 Å². The minimum Gasteiger partial charge on any atom is -0.497 e. The number of hydrogen-bond donors (Lipinski definition) is 2. The molecule has 22 heavy (non-hydrogen) atoms. The molecule has 0 aliphatic carbocycles. The number of methoxy groups -OCH3 is 1. The molecule has 112 valence electrons. The Balaban J connectivity index is 1.84. The molecule has 0 fully saturated rings. The van der Waals surface area contributed by atoms with Crippen LogP contribution in [0.4, 0.5) is 0 Å². The van der Waals surface area contributed by atoms with Crippen LogP contribution in [0, 0.1) is 0 Å². The fourth-order valence-corrected chi connectivity index (χ4v) is 1.71. The van der Waals surface area contributed by atoms with E-state index in [2.05, 4.69) is 10.9 Å². The Kier molecular flexibility index (Phi) is 5.31. The number of carbonyl (C=O) groups is 2.